The molecule has 5 saturated carbocycles. The number of fused-ring (bicyclic) bond motifs is 1. The molecule has 5 fully saturated rings. The fraction of sp³-hybridized carbons (Fsp3) is 0.600. The third-order valence-electron chi connectivity index (χ3n) is 16.5. The maximum absolute atomic E-state index is 6.71. The van der Waals surface area contributed by atoms with Gasteiger partial charge in [0.05, 0.1) is 6.10 Å². The van der Waals surface area contributed by atoms with Gasteiger partial charge in [-0.2, -0.15) is 0 Å². The molecule has 0 bridgehead atoms. The minimum Gasteiger partial charge on any atom is -0.490 e. The minimum atomic E-state index is 0.0760. The van der Waals surface area contributed by atoms with Gasteiger partial charge < -0.3 is 13.6 Å². The number of hydrogen-bond donors (Lipinski definition) is 0. The van der Waals surface area contributed by atoms with Gasteiger partial charge in [-0.1, -0.05) is 90.8 Å². The summed E-state index contributed by atoms with van der Waals surface area (Å²) in [5.74, 6) is 7.62. The minimum absolute atomic E-state index is 0.0760. The highest BCUT2D eigenvalue weighted by Crippen LogP contribution is 2.48. The lowest BCUT2D eigenvalue weighted by Crippen LogP contribution is -2.57. The Hall–Kier alpha value is -4.30. The Kier molecular flexibility index (Phi) is 12.6. The zero-order chi connectivity index (χ0) is 42.9. The van der Waals surface area contributed by atoms with Gasteiger partial charge in [0, 0.05) is 40.4 Å². The lowest BCUT2D eigenvalue weighted by Gasteiger charge is -2.54. The van der Waals surface area contributed by atoms with Crippen LogP contribution in [0.2, 0.25) is 0 Å². The van der Waals surface area contributed by atoms with Crippen LogP contribution in [0.4, 0.5) is 0 Å². The molecular weight excluding hydrogens is 779 g/mol. The maximum atomic E-state index is 6.71. The zero-order valence-corrected chi connectivity index (χ0v) is 38.5. The average molecular weight is 850 g/mol. The van der Waals surface area contributed by atoms with Crippen molar-refractivity contribution in [1.82, 2.24) is 25.3 Å². The van der Waals surface area contributed by atoms with Gasteiger partial charge in [0.25, 0.3) is 0 Å². The number of ether oxygens (including phenoxy) is 1. The predicted molar refractivity (Wildman–Crippen MR) is 251 cm³/mol. The molecule has 0 N–H and O–H groups in total. The molecule has 0 radical (unpaired) electrons. The molecule has 2 heterocycles. The number of benzene rings is 3. The molecule has 5 aliphatic rings. The van der Waals surface area contributed by atoms with E-state index in [4.69, 9.17) is 13.6 Å². The van der Waals surface area contributed by atoms with Crippen molar-refractivity contribution in [1.29, 1.82) is 0 Å². The first-order chi connectivity index (χ1) is 30.7. The third-order valence-corrected chi connectivity index (χ3v) is 16.5. The second kappa shape index (κ2) is 18.7. The molecule has 0 saturated heterocycles. The monoisotopic (exact) mass is 850 g/mol. The van der Waals surface area contributed by atoms with E-state index in [9.17, 15) is 0 Å². The summed E-state index contributed by atoms with van der Waals surface area (Å²) in [6.45, 7) is 9.09. The molecule has 10 rings (SSSR count). The van der Waals surface area contributed by atoms with Crippen LogP contribution >= 0.6 is 0 Å². The Balaban J connectivity index is 0.759. The van der Waals surface area contributed by atoms with Crippen molar-refractivity contribution in [3.05, 3.63) is 78.4 Å². The first-order valence-corrected chi connectivity index (χ1v) is 25.1. The SMILES string of the molecule is CC1CCC(C2CCC(N(C3CCC(Oc4ccc(-c5nnc(-c6cccc(-c7nnc(-c8ccc(C(C)(C)C)cc8)o7)c6)o5)cc4)CC3)C3CCCC4CCCCC43)CC2)CC1. The van der Waals surface area contributed by atoms with E-state index in [0.717, 1.165) is 82.5 Å². The summed E-state index contributed by atoms with van der Waals surface area (Å²) in [6.07, 6.45) is 27.1. The molecule has 5 aromatic rings. The van der Waals surface area contributed by atoms with E-state index >= 15 is 0 Å². The van der Waals surface area contributed by atoms with E-state index in [0.29, 0.717) is 29.6 Å². The standard InChI is InChI=1S/C55H71N5O3/c1-36-15-17-37(18-16-36)38-21-27-45(28-22-38)60(50-14-8-10-39-9-5-6-13-49(39)50)46-29-33-48(34-30-46)61-47-31-23-41(24-32-47)52-57-59-54(63-52)43-12-7-11-42(35-43)53-58-56-51(62-53)40-19-25-44(26-20-40)55(2,3)4/h7,11-12,19-20,23-26,31-32,35-39,45-46,48-50H,5-6,8-10,13-18,21-22,27-30,33-34H2,1-4H3. The lowest BCUT2D eigenvalue weighted by molar-refractivity contribution is -0.0462. The Labute approximate surface area is 376 Å². The lowest BCUT2D eigenvalue weighted by atomic mass is 9.66. The van der Waals surface area contributed by atoms with Gasteiger partial charge in [0.1, 0.15) is 5.75 Å². The van der Waals surface area contributed by atoms with Gasteiger partial charge in [-0.3, -0.25) is 4.90 Å². The van der Waals surface area contributed by atoms with E-state index in [1.54, 1.807) is 0 Å². The largest absolute Gasteiger partial charge is 0.490 e. The topological polar surface area (TPSA) is 90.3 Å². The Bertz CT molecular complexity index is 2230. The highest BCUT2D eigenvalue weighted by Gasteiger charge is 2.44. The number of rotatable bonds is 10. The van der Waals surface area contributed by atoms with Crippen LogP contribution in [0.15, 0.2) is 81.6 Å². The van der Waals surface area contributed by atoms with Gasteiger partial charge in [0.2, 0.25) is 23.6 Å². The number of aromatic nitrogens is 4. The first kappa shape index (κ1) is 42.6. The summed E-state index contributed by atoms with van der Waals surface area (Å²) >= 11 is 0. The van der Waals surface area contributed by atoms with Crippen LogP contribution in [-0.4, -0.2) is 49.5 Å². The number of hydrogen-bond acceptors (Lipinski definition) is 8. The van der Waals surface area contributed by atoms with E-state index < -0.39 is 0 Å². The van der Waals surface area contributed by atoms with Gasteiger partial charge in [-0.25, -0.2) is 0 Å². The van der Waals surface area contributed by atoms with Crippen molar-refractivity contribution in [3.8, 4) is 51.6 Å². The van der Waals surface area contributed by atoms with Crippen LogP contribution in [0.3, 0.4) is 0 Å². The van der Waals surface area contributed by atoms with Crippen LogP contribution in [0.1, 0.15) is 155 Å². The molecule has 8 nitrogen and oxygen atoms in total. The summed E-state index contributed by atoms with van der Waals surface area (Å²) in [5.41, 5.74) is 4.68. The summed E-state index contributed by atoms with van der Waals surface area (Å²) in [4.78, 5) is 3.22. The van der Waals surface area contributed by atoms with Gasteiger partial charge >= 0.3 is 0 Å². The molecule has 0 spiro atoms. The Morgan fingerprint density at radius 3 is 1.60 bits per heavy atom. The summed E-state index contributed by atoms with van der Waals surface area (Å²) in [6, 6.07) is 26.6. The van der Waals surface area contributed by atoms with E-state index in [1.807, 2.05) is 48.5 Å². The quantitative estimate of drug-likeness (QED) is 0.137. The molecular formula is C55H71N5O3. The smallest absolute Gasteiger partial charge is 0.248 e. The van der Waals surface area contributed by atoms with Crippen molar-refractivity contribution >= 4 is 0 Å². The van der Waals surface area contributed by atoms with Crippen molar-refractivity contribution < 1.29 is 13.6 Å². The summed E-state index contributed by atoms with van der Waals surface area (Å²) in [7, 11) is 0. The second-order valence-corrected chi connectivity index (χ2v) is 21.5. The molecule has 8 heteroatoms. The summed E-state index contributed by atoms with van der Waals surface area (Å²) in [5, 5.41) is 17.5. The van der Waals surface area contributed by atoms with Crippen LogP contribution in [0, 0.1) is 29.6 Å². The van der Waals surface area contributed by atoms with E-state index in [2.05, 4.69) is 77.3 Å². The Morgan fingerprint density at radius 1 is 0.508 bits per heavy atom. The van der Waals surface area contributed by atoms with Crippen molar-refractivity contribution in [3.63, 3.8) is 0 Å². The Morgan fingerprint density at radius 2 is 1.02 bits per heavy atom. The zero-order valence-electron chi connectivity index (χ0n) is 38.5. The van der Waals surface area contributed by atoms with Crippen LogP contribution in [0.25, 0.3) is 45.8 Å². The second-order valence-electron chi connectivity index (χ2n) is 21.5. The molecule has 5 aliphatic carbocycles. The molecule has 0 aliphatic heterocycles. The highest BCUT2D eigenvalue weighted by molar-refractivity contribution is 5.66. The highest BCUT2D eigenvalue weighted by atomic mass is 16.5. The third kappa shape index (κ3) is 9.58. The van der Waals surface area contributed by atoms with Crippen LogP contribution < -0.4 is 4.74 Å². The molecule has 334 valence electrons. The van der Waals surface area contributed by atoms with E-state index in [-0.39, 0.29) is 11.5 Å². The van der Waals surface area contributed by atoms with Crippen molar-refractivity contribution in [2.24, 2.45) is 29.6 Å². The van der Waals surface area contributed by atoms with Crippen LogP contribution in [-0.2, 0) is 5.41 Å². The fourth-order valence-electron chi connectivity index (χ4n) is 12.9. The average Bonchev–Trinajstić information content (AvgIpc) is 4.03. The molecule has 3 atom stereocenters. The van der Waals surface area contributed by atoms with Gasteiger partial charge in [0.15, 0.2) is 0 Å². The molecule has 3 unspecified atom stereocenters. The molecule has 2 aromatic heterocycles. The van der Waals surface area contributed by atoms with Gasteiger partial charge in [-0.15, -0.1) is 20.4 Å². The molecule has 3 aromatic carbocycles. The molecule has 0 amide bonds. The van der Waals surface area contributed by atoms with Gasteiger partial charge in [-0.05, 0) is 172 Å². The van der Waals surface area contributed by atoms with Crippen molar-refractivity contribution in [2.75, 3.05) is 0 Å². The van der Waals surface area contributed by atoms with E-state index in [1.165, 1.54) is 115 Å². The van der Waals surface area contributed by atoms with Crippen LogP contribution in [0.5, 0.6) is 5.75 Å². The normalized spacial score (nSPS) is 29.3. The maximum Gasteiger partial charge on any atom is 0.248 e. The predicted octanol–water partition coefficient (Wildman–Crippen LogP) is 14.2. The van der Waals surface area contributed by atoms with Crippen molar-refractivity contribution in [2.45, 2.75) is 179 Å². The fourth-order valence-corrected chi connectivity index (χ4v) is 12.9. The first-order valence-electron chi connectivity index (χ1n) is 25.1. The number of nitrogens with zero attached hydrogens (tertiary/aromatic N) is 5. The summed E-state index contributed by atoms with van der Waals surface area (Å²) < 4.78 is 19.1. The molecule has 63 heavy (non-hydrogen) atoms.